The second-order valence-electron chi connectivity index (χ2n) is 5.34. The van der Waals surface area contributed by atoms with Gasteiger partial charge in [-0.15, -0.1) is 0 Å². The van der Waals surface area contributed by atoms with Crippen LogP contribution < -0.4 is 5.32 Å². The quantitative estimate of drug-likeness (QED) is 0.918. The molecule has 4 nitrogen and oxygen atoms in total. The molecule has 2 aromatic rings. The van der Waals surface area contributed by atoms with E-state index in [4.69, 9.17) is 4.42 Å². The molecular weight excluding hydrogens is 306 g/mol. The lowest BCUT2D eigenvalue weighted by molar-refractivity contribution is 0.557. The van der Waals surface area contributed by atoms with Crippen LogP contribution >= 0.6 is 15.9 Å². The summed E-state index contributed by atoms with van der Waals surface area (Å²) in [5.41, 5.74) is 0.942. The molecule has 0 amide bonds. The Morgan fingerprint density at radius 3 is 2.58 bits per heavy atom. The first kappa shape index (κ1) is 14.1. The molecule has 19 heavy (non-hydrogen) atoms. The van der Waals surface area contributed by atoms with Crippen LogP contribution in [0.15, 0.2) is 27.3 Å². The molecule has 102 valence electrons. The molecule has 0 saturated heterocycles. The molecule has 0 radical (unpaired) electrons. The van der Waals surface area contributed by atoms with Crippen molar-refractivity contribution in [1.82, 2.24) is 9.97 Å². The van der Waals surface area contributed by atoms with E-state index in [9.17, 15) is 0 Å². The van der Waals surface area contributed by atoms with E-state index in [1.165, 1.54) is 0 Å². The van der Waals surface area contributed by atoms with Crippen LogP contribution in [0.4, 0.5) is 5.82 Å². The number of furan rings is 1. The Balaban J connectivity index is 2.55. The van der Waals surface area contributed by atoms with Crippen LogP contribution in [0.5, 0.6) is 0 Å². The Hall–Kier alpha value is -1.36. The van der Waals surface area contributed by atoms with Gasteiger partial charge in [0.05, 0.1) is 16.4 Å². The van der Waals surface area contributed by atoms with Crippen molar-refractivity contribution in [2.24, 2.45) is 0 Å². The van der Waals surface area contributed by atoms with Crippen LogP contribution in [0.2, 0.25) is 0 Å². The molecule has 0 bridgehead atoms. The largest absolute Gasteiger partial charge is 0.460 e. The maximum atomic E-state index is 5.45. The van der Waals surface area contributed by atoms with E-state index in [2.05, 4.69) is 52.0 Å². The Morgan fingerprint density at radius 1 is 1.32 bits per heavy atom. The molecule has 2 heterocycles. The predicted molar refractivity (Wildman–Crippen MR) is 80.3 cm³/mol. The molecule has 2 rings (SSSR count). The first-order valence-electron chi connectivity index (χ1n) is 6.28. The van der Waals surface area contributed by atoms with Crippen LogP contribution in [0.1, 0.15) is 33.4 Å². The average Bonchev–Trinajstić information content (AvgIpc) is 2.74. The van der Waals surface area contributed by atoms with E-state index in [0.717, 1.165) is 22.5 Å². The molecule has 0 saturated carbocycles. The third-order valence-corrected chi connectivity index (χ3v) is 3.30. The Labute approximate surface area is 121 Å². The van der Waals surface area contributed by atoms with Gasteiger partial charge in [0.1, 0.15) is 5.82 Å². The van der Waals surface area contributed by atoms with E-state index in [1.54, 1.807) is 6.26 Å². The Morgan fingerprint density at radius 2 is 2.05 bits per heavy atom. The van der Waals surface area contributed by atoms with Crippen LogP contribution in [0, 0.1) is 0 Å². The third-order valence-electron chi connectivity index (χ3n) is 2.67. The number of halogens is 1. The van der Waals surface area contributed by atoms with Gasteiger partial charge >= 0.3 is 0 Å². The van der Waals surface area contributed by atoms with Crippen molar-refractivity contribution in [2.75, 3.05) is 11.9 Å². The Kier molecular flexibility index (Phi) is 3.94. The molecule has 0 aliphatic carbocycles. The zero-order valence-electron chi connectivity index (χ0n) is 11.6. The summed E-state index contributed by atoms with van der Waals surface area (Å²) in [6, 6.07) is 3.83. The van der Waals surface area contributed by atoms with Gasteiger partial charge in [-0.3, -0.25) is 0 Å². The predicted octanol–water partition coefficient (Wildman–Crippen LogP) is 4.23. The zero-order valence-corrected chi connectivity index (χ0v) is 13.2. The summed E-state index contributed by atoms with van der Waals surface area (Å²) in [6.07, 6.45) is 1.62. The van der Waals surface area contributed by atoms with Crippen LogP contribution in [0.25, 0.3) is 11.6 Å². The molecule has 0 spiro atoms. The standard InChI is InChI=1S/C14H18BrN3O/c1-5-16-11-8-10(14(2,3)4)17-13(18-11)12-9(15)6-7-19-12/h6-8H,5H2,1-4H3,(H,16,17,18). The number of nitrogens with one attached hydrogen (secondary N) is 1. The fourth-order valence-corrected chi connectivity index (χ4v) is 2.04. The number of nitrogens with zero attached hydrogens (tertiary/aromatic N) is 2. The molecule has 0 unspecified atom stereocenters. The smallest absolute Gasteiger partial charge is 0.199 e. The van der Waals surface area contributed by atoms with Gasteiger partial charge in [-0.05, 0) is 28.9 Å². The van der Waals surface area contributed by atoms with Crippen molar-refractivity contribution in [3.05, 3.63) is 28.6 Å². The van der Waals surface area contributed by atoms with E-state index in [-0.39, 0.29) is 5.41 Å². The van der Waals surface area contributed by atoms with E-state index >= 15 is 0 Å². The van der Waals surface area contributed by atoms with Gasteiger partial charge in [-0.25, -0.2) is 9.97 Å². The van der Waals surface area contributed by atoms with Crippen LogP contribution in [0.3, 0.4) is 0 Å². The number of aromatic nitrogens is 2. The van der Waals surface area contributed by atoms with Gasteiger partial charge in [-0.1, -0.05) is 20.8 Å². The lowest BCUT2D eigenvalue weighted by Gasteiger charge is -2.19. The summed E-state index contributed by atoms with van der Waals surface area (Å²) in [6.45, 7) is 9.25. The second-order valence-corrected chi connectivity index (χ2v) is 6.19. The minimum Gasteiger partial charge on any atom is -0.460 e. The zero-order chi connectivity index (χ0) is 14.0. The van der Waals surface area contributed by atoms with Gasteiger partial charge in [-0.2, -0.15) is 0 Å². The molecule has 0 aliphatic rings. The van der Waals surface area contributed by atoms with Gasteiger partial charge < -0.3 is 9.73 Å². The van der Waals surface area contributed by atoms with Crippen LogP contribution in [-0.4, -0.2) is 16.5 Å². The Bertz CT molecular complexity index is 572. The molecule has 2 aromatic heterocycles. The topological polar surface area (TPSA) is 51.0 Å². The van der Waals surface area contributed by atoms with Crippen molar-refractivity contribution in [3.63, 3.8) is 0 Å². The number of anilines is 1. The van der Waals surface area contributed by atoms with E-state index in [1.807, 2.05) is 19.1 Å². The van der Waals surface area contributed by atoms with Gasteiger partial charge in [0, 0.05) is 18.0 Å². The fraction of sp³-hybridized carbons (Fsp3) is 0.429. The highest BCUT2D eigenvalue weighted by Crippen LogP contribution is 2.30. The molecular formula is C14H18BrN3O. The lowest BCUT2D eigenvalue weighted by atomic mass is 9.92. The fourth-order valence-electron chi connectivity index (χ4n) is 1.66. The molecule has 0 fully saturated rings. The number of rotatable bonds is 3. The minimum atomic E-state index is -0.0407. The summed E-state index contributed by atoms with van der Waals surface area (Å²) >= 11 is 3.45. The minimum absolute atomic E-state index is 0.0407. The van der Waals surface area contributed by atoms with Gasteiger partial charge in [0.2, 0.25) is 0 Å². The maximum absolute atomic E-state index is 5.45. The molecule has 0 atom stereocenters. The van der Waals surface area contributed by atoms with Crippen molar-refractivity contribution < 1.29 is 4.42 Å². The number of hydrogen-bond acceptors (Lipinski definition) is 4. The third kappa shape index (κ3) is 3.15. The van der Waals surface area contributed by atoms with Crippen molar-refractivity contribution in [2.45, 2.75) is 33.1 Å². The summed E-state index contributed by atoms with van der Waals surface area (Å²) in [5.74, 6) is 2.08. The number of hydrogen-bond donors (Lipinski definition) is 1. The molecule has 0 aromatic carbocycles. The SMILES string of the molecule is CCNc1cc(C(C)(C)C)nc(-c2occc2Br)n1. The maximum Gasteiger partial charge on any atom is 0.199 e. The summed E-state index contributed by atoms with van der Waals surface area (Å²) in [4.78, 5) is 9.11. The van der Waals surface area contributed by atoms with Crippen molar-refractivity contribution >= 4 is 21.7 Å². The highest BCUT2D eigenvalue weighted by atomic mass is 79.9. The highest BCUT2D eigenvalue weighted by Gasteiger charge is 2.20. The normalized spacial score (nSPS) is 11.6. The van der Waals surface area contributed by atoms with Gasteiger partial charge in [0.25, 0.3) is 0 Å². The molecule has 0 aliphatic heterocycles. The van der Waals surface area contributed by atoms with Crippen LogP contribution in [-0.2, 0) is 5.41 Å². The summed E-state index contributed by atoms with van der Waals surface area (Å²) in [5, 5.41) is 3.23. The first-order valence-corrected chi connectivity index (χ1v) is 7.08. The summed E-state index contributed by atoms with van der Waals surface area (Å²) in [7, 11) is 0. The molecule has 5 heteroatoms. The second kappa shape index (κ2) is 5.33. The van der Waals surface area contributed by atoms with E-state index < -0.39 is 0 Å². The van der Waals surface area contributed by atoms with Crippen molar-refractivity contribution in [3.8, 4) is 11.6 Å². The van der Waals surface area contributed by atoms with Crippen molar-refractivity contribution in [1.29, 1.82) is 0 Å². The first-order chi connectivity index (χ1) is 8.91. The monoisotopic (exact) mass is 323 g/mol. The lowest BCUT2D eigenvalue weighted by Crippen LogP contribution is -2.15. The highest BCUT2D eigenvalue weighted by molar-refractivity contribution is 9.10. The van der Waals surface area contributed by atoms with E-state index in [0.29, 0.717) is 11.6 Å². The molecule has 1 N–H and O–H groups in total. The van der Waals surface area contributed by atoms with Gasteiger partial charge in [0.15, 0.2) is 11.6 Å². The average molecular weight is 324 g/mol. The summed E-state index contributed by atoms with van der Waals surface area (Å²) < 4.78 is 6.31.